The van der Waals surface area contributed by atoms with Gasteiger partial charge < -0.3 is 14.6 Å². The SMILES string of the molecule is COc1cccc(Nc2nccc3c2cc(-c2cccc(F)c2)n3C)c1. The molecular formula is C21H18FN3O. The largest absolute Gasteiger partial charge is 0.497 e. The van der Waals surface area contributed by atoms with Crippen LogP contribution in [0.5, 0.6) is 5.75 Å². The molecule has 2 aromatic carbocycles. The fourth-order valence-corrected chi connectivity index (χ4v) is 3.12. The lowest BCUT2D eigenvalue weighted by atomic mass is 10.1. The quantitative estimate of drug-likeness (QED) is 0.556. The van der Waals surface area contributed by atoms with Gasteiger partial charge in [0.25, 0.3) is 0 Å². The van der Waals surface area contributed by atoms with Crippen LogP contribution in [0.25, 0.3) is 22.2 Å². The molecule has 0 amide bonds. The van der Waals surface area contributed by atoms with E-state index in [2.05, 4.69) is 10.3 Å². The topological polar surface area (TPSA) is 39.1 Å². The second-order valence-corrected chi connectivity index (χ2v) is 6.05. The third-order valence-electron chi connectivity index (χ3n) is 4.42. The average Bonchev–Trinajstić information content (AvgIpc) is 3.00. The number of aryl methyl sites for hydroxylation is 1. The zero-order chi connectivity index (χ0) is 18.1. The highest BCUT2D eigenvalue weighted by molar-refractivity contribution is 5.95. The number of anilines is 2. The van der Waals surface area contributed by atoms with E-state index in [0.29, 0.717) is 0 Å². The number of nitrogens with zero attached hydrogens (tertiary/aromatic N) is 2. The van der Waals surface area contributed by atoms with Gasteiger partial charge in [0.05, 0.1) is 12.6 Å². The fraction of sp³-hybridized carbons (Fsp3) is 0.0952. The van der Waals surface area contributed by atoms with E-state index in [1.807, 2.05) is 54.1 Å². The standard InChI is InChI=1S/C21H18FN3O/c1-25-19-9-10-23-21(24-16-7-4-8-17(12-16)26-2)18(19)13-20(25)14-5-3-6-15(22)11-14/h3-13H,1-2H3,(H,23,24). The van der Waals surface area contributed by atoms with E-state index in [0.717, 1.165) is 39.4 Å². The van der Waals surface area contributed by atoms with E-state index in [9.17, 15) is 4.39 Å². The molecule has 1 N–H and O–H groups in total. The Balaban J connectivity index is 1.80. The number of pyridine rings is 1. The predicted molar refractivity (Wildman–Crippen MR) is 102 cm³/mol. The number of methoxy groups -OCH3 is 1. The van der Waals surface area contributed by atoms with Crippen molar-refractivity contribution in [3.05, 3.63) is 72.7 Å². The lowest BCUT2D eigenvalue weighted by Gasteiger charge is -2.08. The molecule has 0 fully saturated rings. The number of fused-ring (bicyclic) bond motifs is 1. The molecule has 0 saturated heterocycles. The van der Waals surface area contributed by atoms with Crippen molar-refractivity contribution < 1.29 is 9.13 Å². The van der Waals surface area contributed by atoms with Crippen LogP contribution >= 0.6 is 0 Å². The Hall–Kier alpha value is -3.34. The molecule has 0 aliphatic rings. The summed E-state index contributed by atoms with van der Waals surface area (Å²) >= 11 is 0. The van der Waals surface area contributed by atoms with Crippen LogP contribution in [0, 0.1) is 5.82 Å². The molecule has 0 spiro atoms. The molecule has 0 aliphatic carbocycles. The smallest absolute Gasteiger partial charge is 0.139 e. The van der Waals surface area contributed by atoms with Gasteiger partial charge in [-0.1, -0.05) is 18.2 Å². The summed E-state index contributed by atoms with van der Waals surface area (Å²) in [7, 11) is 3.61. The predicted octanol–water partition coefficient (Wildman–Crippen LogP) is 5.13. The first-order valence-corrected chi connectivity index (χ1v) is 8.27. The molecule has 4 aromatic rings. The van der Waals surface area contributed by atoms with Gasteiger partial charge in [-0.2, -0.15) is 0 Å². The molecule has 0 atom stereocenters. The van der Waals surface area contributed by atoms with Crippen molar-refractivity contribution in [3.8, 4) is 17.0 Å². The summed E-state index contributed by atoms with van der Waals surface area (Å²) in [5.41, 5.74) is 3.67. The summed E-state index contributed by atoms with van der Waals surface area (Å²) in [5.74, 6) is 1.27. The third-order valence-corrected chi connectivity index (χ3v) is 4.42. The van der Waals surface area contributed by atoms with E-state index >= 15 is 0 Å². The second-order valence-electron chi connectivity index (χ2n) is 6.05. The number of benzene rings is 2. The Kier molecular flexibility index (Phi) is 4.05. The molecule has 0 radical (unpaired) electrons. The number of halogens is 1. The van der Waals surface area contributed by atoms with E-state index in [1.165, 1.54) is 12.1 Å². The van der Waals surface area contributed by atoms with Crippen molar-refractivity contribution in [2.45, 2.75) is 0 Å². The van der Waals surface area contributed by atoms with Gasteiger partial charge in [-0.05, 0) is 36.4 Å². The molecule has 0 unspecified atom stereocenters. The van der Waals surface area contributed by atoms with Crippen LogP contribution < -0.4 is 10.1 Å². The molecule has 0 saturated carbocycles. The Morgan fingerprint density at radius 1 is 1.04 bits per heavy atom. The van der Waals surface area contributed by atoms with Crippen LogP contribution in [0.15, 0.2) is 66.9 Å². The summed E-state index contributed by atoms with van der Waals surface area (Å²) in [6, 6.07) is 18.3. The average molecular weight is 347 g/mol. The lowest BCUT2D eigenvalue weighted by Crippen LogP contribution is -1.95. The normalized spacial score (nSPS) is 10.9. The Morgan fingerprint density at radius 2 is 1.88 bits per heavy atom. The highest BCUT2D eigenvalue weighted by atomic mass is 19.1. The Labute approximate surface area is 150 Å². The summed E-state index contributed by atoms with van der Waals surface area (Å²) in [6.07, 6.45) is 1.76. The van der Waals surface area contributed by atoms with Crippen LogP contribution in [0.4, 0.5) is 15.9 Å². The minimum absolute atomic E-state index is 0.249. The molecule has 4 rings (SSSR count). The first kappa shape index (κ1) is 16.1. The Bertz CT molecular complexity index is 1090. The number of hydrogen-bond acceptors (Lipinski definition) is 3. The van der Waals surface area contributed by atoms with Gasteiger partial charge in [0.2, 0.25) is 0 Å². The minimum Gasteiger partial charge on any atom is -0.497 e. The van der Waals surface area contributed by atoms with Gasteiger partial charge in [0, 0.05) is 41.6 Å². The molecule has 0 bridgehead atoms. The van der Waals surface area contributed by atoms with Crippen LogP contribution in [0.1, 0.15) is 0 Å². The van der Waals surface area contributed by atoms with E-state index in [1.54, 1.807) is 19.4 Å². The van der Waals surface area contributed by atoms with Gasteiger partial charge in [0.15, 0.2) is 0 Å². The number of aromatic nitrogens is 2. The van der Waals surface area contributed by atoms with Gasteiger partial charge >= 0.3 is 0 Å². The van der Waals surface area contributed by atoms with Crippen molar-refractivity contribution in [1.82, 2.24) is 9.55 Å². The molecule has 0 aliphatic heterocycles. The van der Waals surface area contributed by atoms with Gasteiger partial charge in [0.1, 0.15) is 17.4 Å². The van der Waals surface area contributed by atoms with Gasteiger partial charge in [-0.25, -0.2) is 9.37 Å². The van der Waals surface area contributed by atoms with E-state index < -0.39 is 0 Å². The minimum atomic E-state index is -0.249. The molecule has 5 heteroatoms. The third kappa shape index (κ3) is 2.88. The molecule has 2 aromatic heterocycles. The van der Waals surface area contributed by atoms with Crippen LogP contribution in [0.3, 0.4) is 0 Å². The van der Waals surface area contributed by atoms with Crippen molar-refractivity contribution >= 4 is 22.4 Å². The highest BCUT2D eigenvalue weighted by Gasteiger charge is 2.12. The van der Waals surface area contributed by atoms with Crippen LogP contribution in [0.2, 0.25) is 0 Å². The summed E-state index contributed by atoms with van der Waals surface area (Å²) in [5, 5.41) is 4.32. The molecule has 2 heterocycles. The molecule has 26 heavy (non-hydrogen) atoms. The number of ether oxygens (including phenoxy) is 1. The molecule has 130 valence electrons. The number of hydrogen-bond donors (Lipinski definition) is 1. The maximum Gasteiger partial charge on any atom is 0.139 e. The van der Waals surface area contributed by atoms with Crippen molar-refractivity contribution in [2.24, 2.45) is 7.05 Å². The monoisotopic (exact) mass is 347 g/mol. The van der Waals surface area contributed by atoms with Crippen LogP contribution in [-0.4, -0.2) is 16.7 Å². The van der Waals surface area contributed by atoms with E-state index in [-0.39, 0.29) is 5.82 Å². The Morgan fingerprint density at radius 3 is 2.69 bits per heavy atom. The summed E-state index contributed by atoms with van der Waals surface area (Å²) in [4.78, 5) is 4.48. The first-order chi connectivity index (χ1) is 12.7. The number of nitrogens with one attached hydrogen (secondary N) is 1. The zero-order valence-electron chi connectivity index (χ0n) is 14.5. The van der Waals surface area contributed by atoms with Crippen molar-refractivity contribution in [3.63, 3.8) is 0 Å². The van der Waals surface area contributed by atoms with E-state index in [4.69, 9.17) is 4.74 Å². The first-order valence-electron chi connectivity index (χ1n) is 8.27. The van der Waals surface area contributed by atoms with Gasteiger partial charge in [-0.3, -0.25) is 0 Å². The lowest BCUT2D eigenvalue weighted by molar-refractivity contribution is 0.415. The zero-order valence-corrected chi connectivity index (χ0v) is 14.5. The second kappa shape index (κ2) is 6.52. The summed E-state index contributed by atoms with van der Waals surface area (Å²) in [6.45, 7) is 0. The van der Waals surface area contributed by atoms with Crippen LogP contribution in [-0.2, 0) is 7.05 Å². The van der Waals surface area contributed by atoms with Crippen molar-refractivity contribution in [1.29, 1.82) is 0 Å². The molecular weight excluding hydrogens is 329 g/mol. The van der Waals surface area contributed by atoms with Crippen molar-refractivity contribution in [2.75, 3.05) is 12.4 Å². The maximum absolute atomic E-state index is 13.6. The maximum atomic E-state index is 13.6. The fourth-order valence-electron chi connectivity index (χ4n) is 3.12. The number of rotatable bonds is 4. The van der Waals surface area contributed by atoms with Gasteiger partial charge in [-0.15, -0.1) is 0 Å². The molecule has 4 nitrogen and oxygen atoms in total. The summed E-state index contributed by atoms with van der Waals surface area (Å²) < 4.78 is 20.9. The highest BCUT2D eigenvalue weighted by Crippen LogP contribution is 2.32.